The predicted molar refractivity (Wildman–Crippen MR) is 45.2 cm³/mol. The number of thioether (sulfide) groups is 2. The van der Waals surface area contributed by atoms with Gasteiger partial charge in [0, 0.05) is 0 Å². The maximum absolute atomic E-state index is 2.18. The lowest BCUT2D eigenvalue weighted by Crippen LogP contribution is -1.78. The van der Waals surface area contributed by atoms with E-state index >= 15 is 0 Å². The Kier molecular flexibility index (Phi) is 6.34. The molecule has 0 aromatic carbocycles. The summed E-state index contributed by atoms with van der Waals surface area (Å²) in [5.74, 6) is 2.41. The maximum Gasteiger partial charge on any atom is 0.0817 e. The minimum atomic E-state index is 1.21. The van der Waals surface area contributed by atoms with E-state index in [4.69, 9.17) is 0 Å². The van der Waals surface area contributed by atoms with Crippen molar-refractivity contribution in [3.8, 4) is 0 Å². The minimum absolute atomic E-state index is 1.21. The van der Waals surface area contributed by atoms with E-state index in [-0.39, 0.29) is 0 Å². The standard InChI is InChI=1S/C6H13S2/c1-4-7-6(3)8-5-2/h4-5H2,1-3H3. The molecule has 0 atom stereocenters. The molecule has 0 aliphatic rings. The van der Waals surface area contributed by atoms with Crippen LogP contribution in [0.1, 0.15) is 20.8 Å². The SMILES string of the molecule is CCS[C](C)SCC. The zero-order valence-corrected chi connectivity index (χ0v) is 7.36. The molecule has 1 radical (unpaired) electrons. The average Bonchev–Trinajstić information content (AvgIpc) is 1.68. The van der Waals surface area contributed by atoms with Gasteiger partial charge in [0.1, 0.15) is 0 Å². The summed E-state index contributed by atoms with van der Waals surface area (Å²) in [6, 6.07) is 0. The van der Waals surface area contributed by atoms with Crippen LogP contribution >= 0.6 is 23.5 Å². The quantitative estimate of drug-likeness (QED) is 0.602. The second kappa shape index (κ2) is 5.83. The molecule has 0 amide bonds. The molecule has 0 unspecified atom stereocenters. The molecule has 0 aromatic heterocycles. The van der Waals surface area contributed by atoms with Crippen molar-refractivity contribution < 1.29 is 0 Å². The summed E-state index contributed by atoms with van der Waals surface area (Å²) >= 11 is 3.87. The van der Waals surface area contributed by atoms with Gasteiger partial charge in [0.2, 0.25) is 0 Å². The van der Waals surface area contributed by atoms with Crippen LogP contribution in [0.4, 0.5) is 0 Å². The lowest BCUT2D eigenvalue weighted by atomic mass is 10.9. The van der Waals surface area contributed by atoms with Crippen molar-refractivity contribution in [2.75, 3.05) is 11.5 Å². The normalized spacial score (nSPS) is 10.5. The highest BCUT2D eigenvalue weighted by Gasteiger charge is 1.97. The number of hydrogen-bond acceptors (Lipinski definition) is 2. The van der Waals surface area contributed by atoms with E-state index in [1.165, 1.54) is 16.1 Å². The molecular formula is C6H13S2. The van der Waals surface area contributed by atoms with Crippen LogP contribution in [0, 0.1) is 4.58 Å². The summed E-state index contributed by atoms with van der Waals surface area (Å²) in [7, 11) is 0. The molecule has 0 rings (SSSR count). The second-order valence-corrected chi connectivity index (χ2v) is 4.57. The van der Waals surface area contributed by atoms with Gasteiger partial charge in [-0.25, -0.2) is 0 Å². The molecule has 0 bridgehead atoms. The molecule has 0 N–H and O–H groups in total. The molecule has 0 spiro atoms. The molecule has 0 fully saturated rings. The van der Waals surface area contributed by atoms with Gasteiger partial charge in [-0.3, -0.25) is 0 Å². The Morgan fingerprint density at radius 2 is 1.50 bits per heavy atom. The lowest BCUT2D eigenvalue weighted by molar-refractivity contribution is 1.49. The molecule has 8 heavy (non-hydrogen) atoms. The van der Waals surface area contributed by atoms with Gasteiger partial charge >= 0.3 is 0 Å². The number of rotatable bonds is 4. The number of hydrogen-bond donors (Lipinski definition) is 0. The van der Waals surface area contributed by atoms with E-state index < -0.39 is 0 Å². The topological polar surface area (TPSA) is 0 Å². The molecule has 2 heteroatoms. The highest BCUT2D eigenvalue weighted by molar-refractivity contribution is 8.20. The van der Waals surface area contributed by atoms with Crippen molar-refractivity contribution in [2.45, 2.75) is 20.8 Å². The third kappa shape index (κ3) is 4.85. The van der Waals surface area contributed by atoms with Crippen LogP contribution in [0.5, 0.6) is 0 Å². The van der Waals surface area contributed by atoms with Gasteiger partial charge in [0.25, 0.3) is 0 Å². The monoisotopic (exact) mass is 149 g/mol. The lowest BCUT2D eigenvalue weighted by Gasteiger charge is -2.03. The third-order valence-corrected chi connectivity index (χ3v) is 2.79. The van der Waals surface area contributed by atoms with Crippen LogP contribution in [0.2, 0.25) is 0 Å². The van der Waals surface area contributed by atoms with Crippen LogP contribution in [0.3, 0.4) is 0 Å². The first kappa shape index (κ1) is 8.70. The molecule has 0 aliphatic heterocycles. The maximum atomic E-state index is 2.18. The summed E-state index contributed by atoms with van der Waals surface area (Å²) in [4.78, 5) is 0. The van der Waals surface area contributed by atoms with Gasteiger partial charge in [-0.05, 0) is 18.4 Å². The summed E-state index contributed by atoms with van der Waals surface area (Å²) in [6.07, 6.45) is 0. The van der Waals surface area contributed by atoms with Gasteiger partial charge in [-0.15, -0.1) is 23.5 Å². The fourth-order valence-corrected chi connectivity index (χ4v) is 2.30. The molecule has 0 aliphatic carbocycles. The Bertz CT molecular complexity index is 39.8. The fourth-order valence-electron chi connectivity index (χ4n) is 0.448. The van der Waals surface area contributed by atoms with Crippen molar-refractivity contribution in [1.29, 1.82) is 0 Å². The summed E-state index contributed by atoms with van der Waals surface area (Å²) < 4.78 is 1.50. The van der Waals surface area contributed by atoms with Crippen molar-refractivity contribution >= 4 is 23.5 Å². The van der Waals surface area contributed by atoms with Gasteiger partial charge in [0.05, 0.1) is 4.58 Å². The molecule has 49 valence electrons. The average molecular weight is 149 g/mol. The molecule has 0 heterocycles. The summed E-state index contributed by atoms with van der Waals surface area (Å²) in [5, 5.41) is 0. The zero-order chi connectivity index (χ0) is 6.41. The smallest absolute Gasteiger partial charge is 0.0817 e. The van der Waals surface area contributed by atoms with Gasteiger partial charge in [0.15, 0.2) is 0 Å². The highest BCUT2D eigenvalue weighted by atomic mass is 32.2. The summed E-state index contributed by atoms with van der Waals surface area (Å²) in [6.45, 7) is 6.55. The van der Waals surface area contributed by atoms with Crippen molar-refractivity contribution in [3.05, 3.63) is 4.58 Å². The summed E-state index contributed by atoms with van der Waals surface area (Å²) in [5.41, 5.74) is 0. The van der Waals surface area contributed by atoms with E-state index in [9.17, 15) is 0 Å². The molecule has 0 nitrogen and oxygen atoms in total. The van der Waals surface area contributed by atoms with E-state index in [1.807, 2.05) is 23.5 Å². The fraction of sp³-hybridized carbons (Fsp3) is 0.833. The van der Waals surface area contributed by atoms with Crippen LogP contribution < -0.4 is 0 Å². The Morgan fingerprint density at radius 3 is 1.75 bits per heavy atom. The van der Waals surface area contributed by atoms with Gasteiger partial charge in [-0.2, -0.15) is 0 Å². The third-order valence-electron chi connectivity index (χ3n) is 0.695. The van der Waals surface area contributed by atoms with Gasteiger partial charge in [-0.1, -0.05) is 13.8 Å². The first-order valence-corrected chi connectivity index (χ1v) is 4.87. The molecular weight excluding hydrogens is 136 g/mol. The first-order chi connectivity index (χ1) is 3.81. The van der Waals surface area contributed by atoms with E-state index in [1.54, 1.807) is 0 Å². The van der Waals surface area contributed by atoms with Crippen molar-refractivity contribution in [2.24, 2.45) is 0 Å². The van der Waals surface area contributed by atoms with Crippen molar-refractivity contribution in [3.63, 3.8) is 0 Å². The van der Waals surface area contributed by atoms with Crippen LogP contribution in [0.15, 0.2) is 0 Å². The minimum Gasteiger partial charge on any atom is -0.142 e. The largest absolute Gasteiger partial charge is 0.142 e. The molecule has 0 saturated carbocycles. The Morgan fingerprint density at radius 1 is 1.12 bits per heavy atom. The van der Waals surface area contributed by atoms with Gasteiger partial charge < -0.3 is 0 Å². The first-order valence-electron chi connectivity index (χ1n) is 2.90. The molecule has 0 saturated heterocycles. The zero-order valence-electron chi connectivity index (χ0n) is 5.73. The Balaban J connectivity index is 2.92. The van der Waals surface area contributed by atoms with Crippen LogP contribution in [-0.2, 0) is 0 Å². The molecule has 0 aromatic rings. The van der Waals surface area contributed by atoms with E-state index in [0.717, 1.165) is 0 Å². The Hall–Kier alpha value is 0.700. The van der Waals surface area contributed by atoms with E-state index in [0.29, 0.717) is 0 Å². The second-order valence-electron chi connectivity index (χ2n) is 1.36. The van der Waals surface area contributed by atoms with E-state index in [2.05, 4.69) is 20.8 Å². The van der Waals surface area contributed by atoms with Crippen LogP contribution in [0.25, 0.3) is 0 Å². The Labute approximate surface area is 60.8 Å². The highest BCUT2D eigenvalue weighted by Crippen LogP contribution is 2.29. The van der Waals surface area contributed by atoms with Crippen molar-refractivity contribution in [1.82, 2.24) is 0 Å². The predicted octanol–water partition coefficient (Wildman–Crippen LogP) is 3.00. The van der Waals surface area contributed by atoms with Crippen LogP contribution in [-0.4, -0.2) is 11.5 Å².